The Kier molecular flexibility index (Phi) is 5.60. The van der Waals surface area contributed by atoms with Crippen LogP contribution in [0.1, 0.15) is 17.2 Å². The van der Waals surface area contributed by atoms with Crippen molar-refractivity contribution in [2.75, 3.05) is 6.61 Å². The molecule has 5 heteroatoms. The highest BCUT2D eigenvalue weighted by Crippen LogP contribution is 2.35. The zero-order valence-corrected chi connectivity index (χ0v) is 13.9. The first kappa shape index (κ1) is 15.5. The molecule has 2 aromatic rings. The summed E-state index contributed by atoms with van der Waals surface area (Å²) in [6, 6.07) is 13.3. The van der Waals surface area contributed by atoms with Crippen LogP contribution in [0.5, 0.6) is 5.75 Å². The molecule has 0 bridgehead atoms. The Morgan fingerprint density at radius 1 is 1.10 bits per heavy atom. The molecule has 0 aliphatic heterocycles. The first-order valence-electron chi connectivity index (χ1n) is 6.15. The molecule has 0 aliphatic carbocycles. The number of hydrogen-bond acceptors (Lipinski definition) is 3. The Hall–Kier alpha value is -0.880. The number of aliphatic hydroxyl groups is 1. The van der Waals surface area contributed by atoms with Gasteiger partial charge in [0.25, 0.3) is 0 Å². The van der Waals surface area contributed by atoms with Gasteiger partial charge in [-0.05, 0) is 55.1 Å². The van der Waals surface area contributed by atoms with Crippen molar-refractivity contribution in [2.45, 2.75) is 12.6 Å². The van der Waals surface area contributed by atoms with E-state index in [4.69, 9.17) is 10.5 Å². The van der Waals surface area contributed by atoms with E-state index in [9.17, 15) is 5.11 Å². The fourth-order valence-corrected chi connectivity index (χ4v) is 3.31. The number of halogens is 2. The second-order valence-corrected chi connectivity index (χ2v) is 6.04. The van der Waals surface area contributed by atoms with Crippen molar-refractivity contribution in [1.82, 2.24) is 0 Å². The smallest absolute Gasteiger partial charge is 0.147 e. The molecule has 0 radical (unpaired) electrons. The van der Waals surface area contributed by atoms with Gasteiger partial charge < -0.3 is 15.6 Å². The zero-order valence-electron chi connectivity index (χ0n) is 10.7. The summed E-state index contributed by atoms with van der Waals surface area (Å²) in [5.41, 5.74) is 7.44. The molecule has 0 heterocycles. The number of nitrogens with two attached hydrogens (primary N) is 1. The molecule has 106 valence electrons. The van der Waals surface area contributed by atoms with E-state index in [0.29, 0.717) is 12.3 Å². The molecule has 0 aromatic heterocycles. The van der Waals surface area contributed by atoms with Crippen LogP contribution in [-0.2, 0) is 6.54 Å². The molecule has 20 heavy (non-hydrogen) atoms. The maximum Gasteiger partial charge on any atom is 0.147 e. The van der Waals surface area contributed by atoms with Gasteiger partial charge in [0.2, 0.25) is 0 Å². The summed E-state index contributed by atoms with van der Waals surface area (Å²) in [5.74, 6) is 0.664. The molecule has 1 unspecified atom stereocenters. The van der Waals surface area contributed by atoms with Gasteiger partial charge in [0.1, 0.15) is 18.5 Å². The quantitative estimate of drug-likeness (QED) is 0.802. The summed E-state index contributed by atoms with van der Waals surface area (Å²) in [7, 11) is 0. The average molecular weight is 401 g/mol. The van der Waals surface area contributed by atoms with E-state index in [-0.39, 0.29) is 6.61 Å². The van der Waals surface area contributed by atoms with Crippen LogP contribution in [0.4, 0.5) is 0 Å². The lowest BCUT2D eigenvalue weighted by Crippen LogP contribution is -2.10. The Morgan fingerprint density at radius 3 is 2.25 bits per heavy atom. The minimum absolute atomic E-state index is 0.184. The van der Waals surface area contributed by atoms with Gasteiger partial charge in [-0.1, -0.05) is 30.3 Å². The molecule has 0 saturated heterocycles. The van der Waals surface area contributed by atoms with E-state index in [0.717, 1.165) is 20.1 Å². The standard InChI is InChI=1S/C15H15Br2NO2/c16-12-6-10(8-18)7-13(17)15(12)20-9-14(19)11-4-2-1-3-5-11/h1-7,14,19H,8-9,18H2. The molecule has 0 spiro atoms. The number of ether oxygens (including phenoxy) is 1. The van der Waals surface area contributed by atoms with Gasteiger partial charge in [0.15, 0.2) is 0 Å². The molecule has 0 amide bonds. The predicted octanol–water partition coefficient (Wildman–Crippen LogP) is 3.78. The number of hydrogen-bond donors (Lipinski definition) is 2. The van der Waals surface area contributed by atoms with Gasteiger partial charge >= 0.3 is 0 Å². The number of aliphatic hydroxyl groups excluding tert-OH is 1. The van der Waals surface area contributed by atoms with Crippen LogP contribution in [0.25, 0.3) is 0 Å². The first-order chi connectivity index (χ1) is 9.61. The van der Waals surface area contributed by atoms with Crippen molar-refractivity contribution >= 4 is 31.9 Å². The van der Waals surface area contributed by atoms with Gasteiger partial charge in [-0.15, -0.1) is 0 Å². The highest BCUT2D eigenvalue weighted by Gasteiger charge is 2.12. The number of benzene rings is 2. The summed E-state index contributed by atoms with van der Waals surface area (Å²) < 4.78 is 7.32. The summed E-state index contributed by atoms with van der Waals surface area (Å²) >= 11 is 6.91. The third kappa shape index (κ3) is 3.82. The molecule has 0 saturated carbocycles. The Labute approximate surface area is 135 Å². The second kappa shape index (κ2) is 7.22. The van der Waals surface area contributed by atoms with Crippen LogP contribution in [0.3, 0.4) is 0 Å². The molecular formula is C15H15Br2NO2. The fourth-order valence-electron chi connectivity index (χ4n) is 1.80. The molecule has 2 aromatic carbocycles. The molecule has 0 fully saturated rings. The molecule has 3 nitrogen and oxygen atoms in total. The lowest BCUT2D eigenvalue weighted by atomic mass is 10.1. The van der Waals surface area contributed by atoms with Crippen molar-refractivity contribution in [1.29, 1.82) is 0 Å². The number of rotatable bonds is 5. The highest BCUT2D eigenvalue weighted by molar-refractivity contribution is 9.11. The summed E-state index contributed by atoms with van der Waals surface area (Å²) in [6.07, 6.45) is -0.663. The van der Waals surface area contributed by atoms with Crippen molar-refractivity contribution < 1.29 is 9.84 Å². The third-order valence-electron chi connectivity index (χ3n) is 2.86. The van der Waals surface area contributed by atoms with Gasteiger partial charge in [-0.2, -0.15) is 0 Å². The van der Waals surface area contributed by atoms with Crippen LogP contribution in [0.15, 0.2) is 51.4 Å². The zero-order chi connectivity index (χ0) is 14.5. The van der Waals surface area contributed by atoms with Crippen molar-refractivity contribution in [3.63, 3.8) is 0 Å². The average Bonchev–Trinajstić information content (AvgIpc) is 2.46. The van der Waals surface area contributed by atoms with Crippen LogP contribution >= 0.6 is 31.9 Å². The maximum absolute atomic E-state index is 10.1. The van der Waals surface area contributed by atoms with E-state index in [2.05, 4.69) is 31.9 Å². The Balaban J connectivity index is 2.08. The minimum atomic E-state index is -0.663. The van der Waals surface area contributed by atoms with Crippen molar-refractivity contribution in [3.8, 4) is 5.75 Å². The Morgan fingerprint density at radius 2 is 1.70 bits per heavy atom. The summed E-state index contributed by atoms with van der Waals surface area (Å²) in [6.45, 7) is 0.646. The van der Waals surface area contributed by atoms with Gasteiger partial charge in [0.05, 0.1) is 8.95 Å². The van der Waals surface area contributed by atoms with E-state index in [1.165, 1.54) is 0 Å². The maximum atomic E-state index is 10.1. The third-order valence-corrected chi connectivity index (χ3v) is 4.04. The first-order valence-corrected chi connectivity index (χ1v) is 7.74. The van der Waals surface area contributed by atoms with E-state index >= 15 is 0 Å². The van der Waals surface area contributed by atoms with Crippen LogP contribution < -0.4 is 10.5 Å². The summed E-state index contributed by atoms with van der Waals surface area (Å²) in [5, 5.41) is 10.1. The largest absolute Gasteiger partial charge is 0.488 e. The SMILES string of the molecule is NCc1cc(Br)c(OCC(O)c2ccccc2)c(Br)c1. The predicted molar refractivity (Wildman–Crippen MR) is 86.6 cm³/mol. The van der Waals surface area contributed by atoms with Crippen molar-refractivity contribution in [3.05, 3.63) is 62.5 Å². The summed E-state index contributed by atoms with van der Waals surface area (Å²) in [4.78, 5) is 0. The van der Waals surface area contributed by atoms with Crippen LogP contribution in [-0.4, -0.2) is 11.7 Å². The normalized spacial score (nSPS) is 12.2. The van der Waals surface area contributed by atoms with E-state index in [1.54, 1.807) is 0 Å². The fraction of sp³-hybridized carbons (Fsp3) is 0.200. The van der Waals surface area contributed by atoms with E-state index in [1.807, 2.05) is 42.5 Å². The van der Waals surface area contributed by atoms with Crippen LogP contribution in [0, 0.1) is 0 Å². The minimum Gasteiger partial charge on any atom is -0.488 e. The second-order valence-electron chi connectivity index (χ2n) is 4.33. The highest BCUT2D eigenvalue weighted by atomic mass is 79.9. The Bertz CT molecular complexity index is 552. The van der Waals surface area contributed by atoms with Gasteiger partial charge in [-0.25, -0.2) is 0 Å². The van der Waals surface area contributed by atoms with Gasteiger partial charge in [-0.3, -0.25) is 0 Å². The lowest BCUT2D eigenvalue weighted by Gasteiger charge is -2.15. The van der Waals surface area contributed by atoms with Gasteiger partial charge in [0, 0.05) is 6.54 Å². The molecule has 3 N–H and O–H groups in total. The lowest BCUT2D eigenvalue weighted by molar-refractivity contribution is 0.107. The molecule has 0 aliphatic rings. The molecule has 2 rings (SSSR count). The van der Waals surface area contributed by atoms with Crippen molar-refractivity contribution in [2.24, 2.45) is 5.73 Å². The molecule has 1 atom stereocenters. The van der Waals surface area contributed by atoms with E-state index < -0.39 is 6.10 Å². The topological polar surface area (TPSA) is 55.5 Å². The molecular weight excluding hydrogens is 386 g/mol. The van der Waals surface area contributed by atoms with Crippen LogP contribution in [0.2, 0.25) is 0 Å². The monoisotopic (exact) mass is 399 g/mol.